The number of carbonyl (C=O) groups is 1. The minimum Gasteiger partial charge on any atom is -0.392 e. The Morgan fingerprint density at radius 2 is 2.09 bits per heavy atom. The molecule has 1 heterocycles. The molecule has 1 aromatic rings. The summed E-state index contributed by atoms with van der Waals surface area (Å²) in [6, 6.07) is 6.10. The van der Waals surface area contributed by atoms with E-state index in [-0.39, 0.29) is 17.6 Å². The number of rotatable bonds is 6. The molecule has 0 aromatic heterocycles. The largest absolute Gasteiger partial charge is 0.392 e. The Labute approximate surface area is 137 Å². The fraction of sp³-hybridized carbons (Fsp3) is 0.500. The van der Waals surface area contributed by atoms with Crippen LogP contribution in [0.2, 0.25) is 0 Å². The predicted octanol–water partition coefficient (Wildman–Crippen LogP) is 2.30. The fourth-order valence-corrected chi connectivity index (χ4v) is 2.86. The summed E-state index contributed by atoms with van der Waals surface area (Å²) in [4.78, 5) is 16.3. The Kier molecular flexibility index (Phi) is 6.74. The molecule has 1 aromatic carbocycles. The zero-order valence-electron chi connectivity index (χ0n) is 13.5. The lowest BCUT2D eigenvalue weighted by Crippen LogP contribution is -2.37. The molecule has 0 aliphatic carbocycles. The molecule has 2 rings (SSSR count). The summed E-state index contributed by atoms with van der Waals surface area (Å²) in [6.45, 7) is 6.98. The number of β-amino-alcohol motifs (C(OH)–C–C–N with tert-alkyl or cyclic N) is 1. The summed E-state index contributed by atoms with van der Waals surface area (Å²) >= 11 is 0. The average molecular weight is 320 g/mol. The lowest BCUT2D eigenvalue weighted by Gasteiger charge is -2.24. The Morgan fingerprint density at radius 1 is 1.30 bits per heavy atom. The van der Waals surface area contributed by atoms with E-state index in [0.717, 1.165) is 19.4 Å². The van der Waals surface area contributed by atoms with Gasteiger partial charge in [-0.05, 0) is 37.9 Å². The Bertz CT molecular complexity index is 536. The quantitative estimate of drug-likeness (QED) is 0.818. The number of amides is 1. The predicted molar refractivity (Wildman–Crippen MR) is 88.8 cm³/mol. The number of carbonyl (C=O) groups excluding carboxylic acids is 1. The molecule has 1 saturated heterocycles. The van der Waals surface area contributed by atoms with Crippen LogP contribution in [0.3, 0.4) is 0 Å². The van der Waals surface area contributed by atoms with Gasteiger partial charge in [0.25, 0.3) is 5.91 Å². The van der Waals surface area contributed by atoms with Gasteiger partial charge in [-0.1, -0.05) is 18.2 Å². The first kappa shape index (κ1) is 17.6. The summed E-state index contributed by atoms with van der Waals surface area (Å²) < 4.78 is 13.8. The highest BCUT2D eigenvalue weighted by Crippen LogP contribution is 2.13. The van der Waals surface area contributed by atoms with Gasteiger partial charge in [-0.15, -0.1) is 6.58 Å². The van der Waals surface area contributed by atoms with Gasteiger partial charge in [-0.2, -0.15) is 0 Å². The molecule has 0 bridgehead atoms. The van der Waals surface area contributed by atoms with Crippen LogP contribution >= 0.6 is 0 Å². The molecule has 4 nitrogen and oxygen atoms in total. The molecule has 1 aliphatic rings. The van der Waals surface area contributed by atoms with Gasteiger partial charge in [0.05, 0.1) is 11.7 Å². The summed E-state index contributed by atoms with van der Waals surface area (Å²) in [6.07, 6.45) is 3.77. The maximum absolute atomic E-state index is 13.8. The molecule has 5 heteroatoms. The first-order valence-electron chi connectivity index (χ1n) is 8.17. The van der Waals surface area contributed by atoms with E-state index in [1.54, 1.807) is 23.1 Å². The zero-order valence-corrected chi connectivity index (χ0v) is 13.5. The molecule has 23 heavy (non-hydrogen) atoms. The van der Waals surface area contributed by atoms with Crippen LogP contribution in [0.25, 0.3) is 0 Å². The molecule has 0 spiro atoms. The van der Waals surface area contributed by atoms with Crippen LogP contribution in [0.4, 0.5) is 4.39 Å². The molecule has 1 fully saturated rings. The smallest absolute Gasteiger partial charge is 0.256 e. The number of nitrogens with zero attached hydrogens (tertiary/aromatic N) is 2. The van der Waals surface area contributed by atoms with E-state index >= 15 is 0 Å². The topological polar surface area (TPSA) is 43.8 Å². The van der Waals surface area contributed by atoms with Crippen molar-refractivity contribution in [3.05, 3.63) is 48.3 Å². The first-order valence-corrected chi connectivity index (χ1v) is 8.17. The maximum Gasteiger partial charge on any atom is 0.256 e. The van der Waals surface area contributed by atoms with Crippen molar-refractivity contribution in [2.75, 3.05) is 32.7 Å². The van der Waals surface area contributed by atoms with Crippen molar-refractivity contribution >= 4 is 5.91 Å². The highest BCUT2D eigenvalue weighted by molar-refractivity contribution is 5.94. The van der Waals surface area contributed by atoms with Gasteiger partial charge >= 0.3 is 0 Å². The van der Waals surface area contributed by atoms with Crippen LogP contribution in [0, 0.1) is 5.82 Å². The van der Waals surface area contributed by atoms with Gasteiger partial charge in [-0.25, -0.2) is 4.39 Å². The van der Waals surface area contributed by atoms with E-state index in [2.05, 4.69) is 11.5 Å². The minimum atomic E-state index is -0.474. The number of hydrogen-bond donors (Lipinski definition) is 1. The third kappa shape index (κ3) is 5.15. The second-order valence-corrected chi connectivity index (χ2v) is 5.95. The number of hydrogen-bond acceptors (Lipinski definition) is 3. The SMILES string of the molecule is C=CCCC(O)CN1CCCN(C(=O)c2ccccc2F)CC1. The number of benzene rings is 1. The Hall–Kier alpha value is -1.72. The molecule has 1 amide bonds. The van der Waals surface area contributed by atoms with Crippen molar-refractivity contribution in [1.82, 2.24) is 9.80 Å². The lowest BCUT2D eigenvalue weighted by atomic mass is 10.2. The standard InChI is InChI=1S/C18H25FN2O2/c1-2-3-7-15(22)14-20-10-6-11-21(13-12-20)18(23)16-8-4-5-9-17(16)19/h2,4-5,8-9,15,22H,1,3,6-7,10-14H2. The van der Waals surface area contributed by atoms with Crippen LogP contribution in [0.5, 0.6) is 0 Å². The molecular formula is C18H25FN2O2. The molecular weight excluding hydrogens is 295 g/mol. The molecule has 1 N–H and O–H groups in total. The van der Waals surface area contributed by atoms with E-state index in [0.29, 0.717) is 32.6 Å². The molecule has 126 valence electrons. The Balaban J connectivity index is 1.89. The second-order valence-electron chi connectivity index (χ2n) is 5.95. The maximum atomic E-state index is 13.8. The van der Waals surface area contributed by atoms with Gasteiger partial charge < -0.3 is 10.0 Å². The van der Waals surface area contributed by atoms with E-state index in [9.17, 15) is 14.3 Å². The molecule has 1 unspecified atom stereocenters. The minimum absolute atomic E-state index is 0.131. The third-order valence-electron chi connectivity index (χ3n) is 4.15. The lowest BCUT2D eigenvalue weighted by molar-refractivity contribution is 0.0748. The number of halogens is 1. The summed E-state index contributed by atoms with van der Waals surface area (Å²) in [5, 5.41) is 9.99. The highest BCUT2D eigenvalue weighted by atomic mass is 19.1. The third-order valence-corrected chi connectivity index (χ3v) is 4.15. The average Bonchev–Trinajstić information content (AvgIpc) is 2.78. The fourth-order valence-electron chi connectivity index (χ4n) is 2.86. The van der Waals surface area contributed by atoms with Gasteiger partial charge in [-0.3, -0.25) is 9.69 Å². The zero-order chi connectivity index (χ0) is 16.7. The second kappa shape index (κ2) is 8.79. The first-order chi connectivity index (χ1) is 11.1. The number of allylic oxidation sites excluding steroid dienone is 1. The Morgan fingerprint density at radius 3 is 2.83 bits per heavy atom. The van der Waals surface area contributed by atoms with Crippen molar-refractivity contribution in [3.63, 3.8) is 0 Å². The monoisotopic (exact) mass is 320 g/mol. The van der Waals surface area contributed by atoms with Crippen molar-refractivity contribution in [2.24, 2.45) is 0 Å². The van der Waals surface area contributed by atoms with E-state index in [1.165, 1.54) is 12.1 Å². The van der Waals surface area contributed by atoms with Crippen molar-refractivity contribution < 1.29 is 14.3 Å². The summed E-state index contributed by atoms with van der Waals surface area (Å²) in [5.74, 6) is -0.726. The normalized spacial score (nSPS) is 17.6. The van der Waals surface area contributed by atoms with Gasteiger partial charge in [0.1, 0.15) is 5.82 Å². The van der Waals surface area contributed by atoms with E-state index < -0.39 is 5.82 Å². The van der Waals surface area contributed by atoms with Crippen LogP contribution in [0.15, 0.2) is 36.9 Å². The van der Waals surface area contributed by atoms with Gasteiger partial charge in [0, 0.05) is 26.2 Å². The number of aliphatic hydroxyl groups is 1. The van der Waals surface area contributed by atoms with E-state index in [4.69, 9.17) is 0 Å². The van der Waals surface area contributed by atoms with Crippen LogP contribution < -0.4 is 0 Å². The molecule has 1 aliphatic heterocycles. The van der Waals surface area contributed by atoms with Crippen LogP contribution in [-0.4, -0.2) is 59.6 Å². The number of aliphatic hydroxyl groups excluding tert-OH is 1. The molecule has 0 radical (unpaired) electrons. The van der Waals surface area contributed by atoms with Crippen LogP contribution in [-0.2, 0) is 0 Å². The van der Waals surface area contributed by atoms with Crippen molar-refractivity contribution in [1.29, 1.82) is 0 Å². The van der Waals surface area contributed by atoms with Crippen LogP contribution in [0.1, 0.15) is 29.6 Å². The highest BCUT2D eigenvalue weighted by Gasteiger charge is 2.23. The van der Waals surface area contributed by atoms with Crippen molar-refractivity contribution in [3.8, 4) is 0 Å². The molecule has 0 saturated carbocycles. The van der Waals surface area contributed by atoms with E-state index in [1.807, 2.05) is 0 Å². The van der Waals surface area contributed by atoms with Gasteiger partial charge in [0.2, 0.25) is 0 Å². The summed E-state index contributed by atoms with van der Waals surface area (Å²) in [5.41, 5.74) is 0.131. The van der Waals surface area contributed by atoms with Crippen molar-refractivity contribution in [2.45, 2.75) is 25.4 Å². The molecule has 1 atom stereocenters. The summed E-state index contributed by atoms with van der Waals surface area (Å²) in [7, 11) is 0. The van der Waals surface area contributed by atoms with Gasteiger partial charge in [0.15, 0.2) is 0 Å².